The number of nitrogens with zero attached hydrogens (tertiary/aromatic N) is 4. The van der Waals surface area contributed by atoms with Crippen LogP contribution in [0.4, 0.5) is 10.1 Å². The van der Waals surface area contributed by atoms with Gasteiger partial charge in [0, 0.05) is 49.6 Å². The summed E-state index contributed by atoms with van der Waals surface area (Å²) in [7, 11) is -1.74. The van der Waals surface area contributed by atoms with Crippen LogP contribution in [0.25, 0.3) is 16.6 Å². The number of hydrogen-bond donors (Lipinski definition) is 1. The molecule has 1 aliphatic heterocycles. The molecule has 1 atom stereocenters. The van der Waals surface area contributed by atoms with Crippen molar-refractivity contribution in [1.29, 1.82) is 0 Å². The van der Waals surface area contributed by atoms with Gasteiger partial charge in [0.05, 0.1) is 22.3 Å². The second kappa shape index (κ2) is 7.75. The third-order valence-electron chi connectivity index (χ3n) is 5.92. The number of fused-ring (bicyclic) bond motifs is 1. The van der Waals surface area contributed by atoms with Crippen molar-refractivity contribution < 1.29 is 12.8 Å². The van der Waals surface area contributed by atoms with Crippen molar-refractivity contribution in [3.8, 4) is 5.69 Å². The summed E-state index contributed by atoms with van der Waals surface area (Å²) >= 11 is 0. The number of nitrogens with one attached hydrogen (secondary N) is 1. The first-order valence-corrected chi connectivity index (χ1v) is 11.9. The van der Waals surface area contributed by atoms with Crippen molar-refractivity contribution in [3.05, 3.63) is 72.4 Å². The van der Waals surface area contributed by atoms with E-state index in [0.29, 0.717) is 6.54 Å². The van der Waals surface area contributed by atoms with E-state index in [1.807, 2.05) is 6.92 Å². The minimum atomic E-state index is -3.54. The van der Waals surface area contributed by atoms with Gasteiger partial charge < -0.3 is 9.47 Å². The monoisotopic (exact) mass is 453 g/mol. The molecule has 0 bridgehead atoms. The largest absolute Gasteiger partial charge is 0.370 e. The molecule has 0 unspecified atom stereocenters. The average Bonchev–Trinajstić information content (AvgIpc) is 3.48. The van der Waals surface area contributed by atoms with E-state index in [4.69, 9.17) is 0 Å². The van der Waals surface area contributed by atoms with Crippen LogP contribution in [-0.4, -0.2) is 41.9 Å². The first-order valence-electron chi connectivity index (χ1n) is 10.4. The van der Waals surface area contributed by atoms with Gasteiger partial charge in [0.25, 0.3) is 0 Å². The van der Waals surface area contributed by atoms with Gasteiger partial charge in [-0.3, -0.25) is 0 Å². The topological polar surface area (TPSA) is 72.2 Å². The summed E-state index contributed by atoms with van der Waals surface area (Å²) < 4.78 is 45.0. The lowest BCUT2D eigenvalue weighted by Gasteiger charge is -2.21. The molecule has 0 radical (unpaired) electrons. The summed E-state index contributed by atoms with van der Waals surface area (Å²) in [5.74, 6) is -0.282. The summed E-state index contributed by atoms with van der Waals surface area (Å²) in [5.41, 5.74) is 3.88. The van der Waals surface area contributed by atoms with Crippen LogP contribution in [0.2, 0.25) is 0 Å². The molecule has 1 saturated heterocycles. The third kappa shape index (κ3) is 3.78. The molecule has 3 heterocycles. The van der Waals surface area contributed by atoms with Gasteiger partial charge in [-0.1, -0.05) is 0 Å². The predicted octanol–water partition coefficient (Wildman–Crippen LogP) is 3.37. The van der Waals surface area contributed by atoms with E-state index in [0.717, 1.165) is 40.8 Å². The number of hydrogen-bond acceptors (Lipinski definition) is 4. The first-order chi connectivity index (χ1) is 15.3. The Morgan fingerprint density at radius 1 is 1.16 bits per heavy atom. The number of aryl methyl sites for hydroxylation is 2. The Balaban J connectivity index is 1.37. The number of sulfonamides is 1. The second-order valence-corrected chi connectivity index (χ2v) is 10.0. The summed E-state index contributed by atoms with van der Waals surface area (Å²) in [5, 5.41) is 5.46. The van der Waals surface area contributed by atoms with Crippen LogP contribution in [-0.2, 0) is 17.1 Å². The number of anilines is 1. The Morgan fingerprint density at radius 2 is 1.94 bits per heavy atom. The fourth-order valence-corrected chi connectivity index (χ4v) is 5.61. The number of halogens is 1. The van der Waals surface area contributed by atoms with Crippen molar-refractivity contribution >= 4 is 26.6 Å². The Labute approximate surface area is 186 Å². The van der Waals surface area contributed by atoms with E-state index in [2.05, 4.69) is 26.9 Å². The van der Waals surface area contributed by atoms with Gasteiger partial charge in [-0.2, -0.15) is 5.10 Å². The molecule has 1 fully saturated rings. The molecular weight excluding hydrogens is 429 g/mol. The molecule has 0 amide bonds. The van der Waals surface area contributed by atoms with Gasteiger partial charge in [0.1, 0.15) is 5.82 Å². The number of benzene rings is 2. The standard InChI is InChI=1S/C23H24FN5O2S/c1-16-11-23-17(13-25-29(23)20-5-3-18(24)4-6-20)12-22(16)28-10-7-19(14-28)26-32(30,31)21-8-9-27(2)15-21/h3-6,8-9,11-13,15,19,26H,7,10,14H2,1-2H3/t19-/m1/s1. The van der Waals surface area contributed by atoms with E-state index < -0.39 is 10.0 Å². The highest BCUT2D eigenvalue weighted by Crippen LogP contribution is 2.30. The lowest BCUT2D eigenvalue weighted by Crippen LogP contribution is -2.37. The van der Waals surface area contributed by atoms with Crippen LogP contribution in [0.5, 0.6) is 0 Å². The SMILES string of the molecule is Cc1cc2c(cnn2-c2ccc(F)cc2)cc1N1CC[C@@H](NS(=O)(=O)c2ccn(C)c2)C1. The highest BCUT2D eigenvalue weighted by atomic mass is 32.2. The lowest BCUT2D eigenvalue weighted by molar-refractivity contribution is 0.561. The van der Waals surface area contributed by atoms with Crippen LogP contribution >= 0.6 is 0 Å². The normalized spacial score (nSPS) is 16.8. The maximum absolute atomic E-state index is 13.3. The van der Waals surface area contributed by atoms with Crippen LogP contribution < -0.4 is 9.62 Å². The molecule has 7 nitrogen and oxygen atoms in total. The molecule has 2 aromatic heterocycles. The maximum atomic E-state index is 13.3. The van der Waals surface area contributed by atoms with Crippen LogP contribution in [0, 0.1) is 12.7 Å². The van der Waals surface area contributed by atoms with E-state index in [1.54, 1.807) is 53.1 Å². The minimum Gasteiger partial charge on any atom is -0.370 e. The average molecular weight is 454 g/mol. The maximum Gasteiger partial charge on any atom is 0.242 e. The molecule has 1 aliphatic rings. The van der Waals surface area contributed by atoms with Crippen LogP contribution in [0.15, 0.2) is 66.0 Å². The van der Waals surface area contributed by atoms with Crippen molar-refractivity contribution in [3.63, 3.8) is 0 Å². The summed E-state index contributed by atoms with van der Waals surface area (Å²) in [4.78, 5) is 2.49. The van der Waals surface area contributed by atoms with Gasteiger partial charge >= 0.3 is 0 Å². The highest BCUT2D eigenvalue weighted by molar-refractivity contribution is 7.89. The van der Waals surface area contributed by atoms with Crippen molar-refractivity contribution in [2.75, 3.05) is 18.0 Å². The Bertz CT molecular complexity index is 1390. The van der Waals surface area contributed by atoms with Gasteiger partial charge in [0.2, 0.25) is 10.0 Å². The molecule has 1 N–H and O–H groups in total. The van der Waals surface area contributed by atoms with E-state index in [9.17, 15) is 12.8 Å². The van der Waals surface area contributed by atoms with E-state index in [1.165, 1.54) is 12.1 Å². The molecule has 0 aliphatic carbocycles. The van der Waals surface area contributed by atoms with Gasteiger partial charge in [-0.05, 0) is 61.4 Å². The zero-order valence-electron chi connectivity index (χ0n) is 17.9. The fraction of sp³-hybridized carbons (Fsp3) is 0.261. The Morgan fingerprint density at radius 3 is 2.66 bits per heavy atom. The summed E-state index contributed by atoms with van der Waals surface area (Å²) in [6.45, 7) is 3.41. The molecule has 166 valence electrons. The summed E-state index contributed by atoms with van der Waals surface area (Å²) in [6.07, 6.45) is 5.86. The van der Waals surface area contributed by atoms with Crippen LogP contribution in [0.1, 0.15) is 12.0 Å². The molecule has 32 heavy (non-hydrogen) atoms. The van der Waals surface area contributed by atoms with Crippen LogP contribution in [0.3, 0.4) is 0 Å². The van der Waals surface area contributed by atoms with Crippen molar-refractivity contribution in [1.82, 2.24) is 19.1 Å². The van der Waals surface area contributed by atoms with E-state index in [-0.39, 0.29) is 16.8 Å². The van der Waals surface area contributed by atoms with Crippen molar-refractivity contribution in [2.45, 2.75) is 24.3 Å². The number of aromatic nitrogens is 3. The molecular formula is C23H24FN5O2S. The number of rotatable bonds is 5. The van der Waals surface area contributed by atoms with E-state index >= 15 is 0 Å². The van der Waals surface area contributed by atoms with Gasteiger partial charge in [0.15, 0.2) is 0 Å². The molecule has 5 rings (SSSR count). The molecule has 0 saturated carbocycles. The van der Waals surface area contributed by atoms with Gasteiger partial charge in [-0.25, -0.2) is 22.2 Å². The van der Waals surface area contributed by atoms with Gasteiger partial charge in [-0.15, -0.1) is 0 Å². The molecule has 0 spiro atoms. The Hall–Kier alpha value is -3.17. The zero-order chi connectivity index (χ0) is 22.5. The second-order valence-electron chi connectivity index (χ2n) is 8.30. The zero-order valence-corrected chi connectivity index (χ0v) is 18.7. The summed E-state index contributed by atoms with van der Waals surface area (Å²) in [6, 6.07) is 11.9. The minimum absolute atomic E-state index is 0.155. The quantitative estimate of drug-likeness (QED) is 0.503. The smallest absolute Gasteiger partial charge is 0.242 e. The predicted molar refractivity (Wildman–Crippen MR) is 122 cm³/mol. The molecule has 2 aromatic carbocycles. The lowest BCUT2D eigenvalue weighted by atomic mass is 10.1. The fourth-order valence-electron chi connectivity index (χ4n) is 4.29. The third-order valence-corrected chi connectivity index (χ3v) is 7.43. The van der Waals surface area contributed by atoms with Crippen molar-refractivity contribution in [2.24, 2.45) is 7.05 Å². The highest BCUT2D eigenvalue weighted by Gasteiger charge is 2.28. The molecule has 9 heteroatoms. The Kier molecular flexibility index (Phi) is 5.02. The molecule has 4 aromatic rings. The first kappa shape index (κ1) is 20.7.